The Morgan fingerprint density at radius 1 is 1.09 bits per heavy atom. The molecule has 4 rings (SSSR count). The molecule has 0 radical (unpaired) electrons. The van der Waals surface area contributed by atoms with Gasteiger partial charge in [0, 0.05) is 23.5 Å². The highest BCUT2D eigenvalue weighted by Gasteiger charge is 2.49. The normalized spacial score (nSPS) is 27.5. The Kier molecular flexibility index (Phi) is 5.02. The monoisotopic (exact) mass is 350 g/mol. The number of ether oxygens (including phenoxy) is 3. The quantitative estimate of drug-likeness (QED) is 0.769. The summed E-state index contributed by atoms with van der Waals surface area (Å²) in [6.45, 7) is 2.25. The molecule has 3 nitrogen and oxygen atoms in total. The molecule has 0 aromatic heterocycles. The first-order valence-corrected chi connectivity index (χ1v) is 10.2. The van der Waals surface area contributed by atoms with E-state index in [0.717, 1.165) is 26.1 Å². The summed E-state index contributed by atoms with van der Waals surface area (Å²) in [5.41, 5.74) is 2.52. The second-order valence-corrected chi connectivity index (χ2v) is 9.08. The molecule has 2 saturated heterocycles. The van der Waals surface area contributed by atoms with Crippen molar-refractivity contribution in [2.75, 3.05) is 24.7 Å². The second kappa shape index (κ2) is 7.19. The van der Waals surface area contributed by atoms with Crippen LogP contribution in [0.4, 0.5) is 0 Å². The third kappa shape index (κ3) is 3.49. The molecule has 23 heavy (non-hydrogen) atoms. The van der Waals surface area contributed by atoms with Crippen LogP contribution in [0.5, 0.6) is 0 Å². The van der Waals surface area contributed by atoms with Gasteiger partial charge in [-0.25, -0.2) is 0 Å². The maximum atomic E-state index is 6.18. The molecule has 0 bridgehead atoms. The van der Waals surface area contributed by atoms with Crippen LogP contribution in [0.15, 0.2) is 42.0 Å². The predicted octanol–water partition coefficient (Wildman–Crippen LogP) is 3.84. The van der Waals surface area contributed by atoms with Gasteiger partial charge in [-0.1, -0.05) is 30.3 Å². The van der Waals surface area contributed by atoms with Crippen molar-refractivity contribution in [3.8, 4) is 0 Å². The summed E-state index contributed by atoms with van der Waals surface area (Å²) >= 11 is 4.07. The molecule has 2 fully saturated rings. The minimum Gasteiger partial charge on any atom is -0.369 e. The van der Waals surface area contributed by atoms with Crippen molar-refractivity contribution < 1.29 is 14.2 Å². The molecule has 0 amide bonds. The van der Waals surface area contributed by atoms with E-state index in [-0.39, 0.29) is 16.5 Å². The summed E-state index contributed by atoms with van der Waals surface area (Å²) in [6.07, 6.45) is 4.26. The van der Waals surface area contributed by atoms with Gasteiger partial charge < -0.3 is 14.2 Å². The molecule has 1 aromatic rings. The van der Waals surface area contributed by atoms with Crippen LogP contribution in [0.3, 0.4) is 0 Å². The first-order valence-electron chi connectivity index (χ1n) is 8.25. The lowest BCUT2D eigenvalue weighted by Gasteiger charge is -2.33. The summed E-state index contributed by atoms with van der Waals surface area (Å²) in [7, 11) is 0. The smallest absolute Gasteiger partial charge is 0.182 e. The lowest BCUT2D eigenvalue weighted by Crippen LogP contribution is -2.33. The van der Waals surface area contributed by atoms with E-state index in [1.54, 1.807) is 0 Å². The van der Waals surface area contributed by atoms with E-state index in [4.69, 9.17) is 14.2 Å². The molecule has 1 aromatic carbocycles. The molecule has 2 aliphatic heterocycles. The van der Waals surface area contributed by atoms with Crippen molar-refractivity contribution in [2.45, 2.75) is 35.9 Å². The zero-order chi connectivity index (χ0) is 15.5. The lowest BCUT2D eigenvalue weighted by molar-refractivity contribution is -0.157. The number of rotatable bonds is 4. The minimum absolute atomic E-state index is 0.101. The van der Waals surface area contributed by atoms with Crippen molar-refractivity contribution in [3.05, 3.63) is 47.5 Å². The van der Waals surface area contributed by atoms with Gasteiger partial charge >= 0.3 is 0 Å². The van der Waals surface area contributed by atoms with E-state index in [0.29, 0.717) is 6.61 Å². The van der Waals surface area contributed by atoms with E-state index in [1.807, 2.05) is 29.6 Å². The molecule has 5 heteroatoms. The van der Waals surface area contributed by atoms with Crippen LogP contribution >= 0.6 is 23.5 Å². The van der Waals surface area contributed by atoms with Crippen LogP contribution in [-0.4, -0.2) is 41.2 Å². The summed E-state index contributed by atoms with van der Waals surface area (Å²) in [5.74, 6) is 2.39. The van der Waals surface area contributed by atoms with Gasteiger partial charge in [0.05, 0.1) is 30.0 Å². The topological polar surface area (TPSA) is 27.7 Å². The Bertz CT molecular complexity index is 549. The van der Waals surface area contributed by atoms with Crippen LogP contribution in [0.2, 0.25) is 0 Å². The Balaban J connectivity index is 1.47. The van der Waals surface area contributed by atoms with Crippen molar-refractivity contribution in [2.24, 2.45) is 0 Å². The number of hydrogen-bond donors (Lipinski definition) is 0. The third-order valence-corrected chi connectivity index (χ3v) is 7.94. The fourth-order valence-corrected chi connectivity index (χ4v) is 6.70. The van der Waals surface area contributed by atoms with Crippen LogP contribution in [0, 0.1) is 0 Å². The minimum atomic E-state index is -0.174. The number of benzene rings is 1. The van der Waals surface area contributed by atoms with Crippen molar-refractivity contribution in [1.82, 2.24) is 0 Å². The van der Waals surface area contributed by atoms with E-state index in [1.165, 1.54) is 22.6 Å². The largest absolute Gasteiger partial charge is 0.369 e. The maximum absolute atomic E-state index is 6.18. The molecule has 1 unspecified atom stereocenters. The molecule has 3 aliphatic rings. The number of thioether (sulfide) groups is 2. The summed E-state index contributed by atoms with van der Waals surface area (Å²) in [5, 5.41) is 0. The highest BCUT2D eigenvalue weighted by molar-refractivity contribution is 8.21. The third-order valence-electron chi connectivity index (χ3n) is 4.42. The summed E-state index contributed by atoms with van der Waals surface area (Å²) < 4.78 is 18.1. The van der Waals surface area contributed by atoms with Gasteiger partial charge in [0.2, 0.25) is 0 Å². The SMILES string of the molecule is C1=C(C2OCCCO2)C2(CC1OCc1ccccc1)SCCS2. The van der Waals surface area contributed by atoms with E-state index >= 15 is 0 Å². The fraction of sp³-hybridized carbons (Fsp3) is 0.556. The van der Waals surface area contributed by atoms with Crippen molar-refractivity contribution in [1.29, 1.82) is 0 Å². The van der Waals surface area contributed by atoms with Crippen molar-refractivity contribution in [3.63, 3.8) is 0 Å². The first-order chi connectivity index (χ1) is 11.4. The number of hydrogen-bond acceptors (Lipinski definition) is 5. The predicted molar refractivity (Wildman–Crippen MR) is 95.7 cm³/mol. The van der Waals surface area contributed by atoms with Crippen LogP contribution in [-0.2, 0) is 20.8 Å². The Labute approximate surface area is 146 Å². The highest BCUT2D eigenvalue weighted by atomic mass is 32.2. The van der Waals surface area contributed by atoms with Gasteiger partial charge in [-0.05, 0) is 18.1 Å². The Morgan fingerprint density at radius 3 is 2.57 bits per heavy atom. The van der Waals surface area contributed by atoms with Crippen LogP contribution < -0.4 is 0 Å². The first kappa shape index (κ1) is 16.0. The van der Waals surface area contributed by atoms with E-state index in [9.17, 15) is 0 Å². The van der Waals surface area contributed by atoms with Gasteiger partial charge in [-0.3, -0.25) is 0 Å². The zero-order valence-corrected chi connectivity index (χ0v) is 14.7. The molecule has 0 N–H and O–H groups in total. The Morgan fingerprint density at radius 2 is 1.83 bits per heavy atom. The van der Waals surface area contributed by atoms with Gasteiger partial charge in [0.25, 0.3) is 0 Å². The summed E-state index contributed by atoms with van der Waals surface area (Å²) in [4.78, 5) is 0. The van der Waals surface area contributed by atoms with Crippen molar-refractivity contribution >= 4 is 23.5 Å². The van der Waals surface area contributed by atoms with Gasteiger partial charge in [0.1, 0.15) is 0 Å². The molecular formula is C18H22O3S2. The summed E-state index contributed by atoms with van der Waals surface area (Å²) in [6, 6.07) is 10.4. The Hall–Kier alpha value is -0.460. The van der Waals surface area contributed by atoms with E-state index in [2.05, 4.69) is 30.3 Å². The van der Waals surface area contributed by atoms with E-state index < -0.39 is 0 Å². The molecule has 1 atom stereocenters. The molecule has 2 heterocycles. The highest BCUT2D eigenvalue weighted by Crippen LogP contribution is 2.57. The van der Waals surface area contributed by atoms with Gasteiger partial charge in [0.15, 0.2) is 6.29 Å². The molecular weight excluding hydrogens is 328 g/mol. The van der Waals surface area contributed by atoms with Gasteiger partial charge in [-0.2, -0.15) is 0 Å². The molecule has 1 spiro atoms. The maximum Gasteiger partial charge on any atom is 0.182 e. The van der Waals surface area contributed by atoms with Gasteiger partial charge in [-0.15, -0.1) is 23.5 Å². The van der Waals surface area contributed by atoms with Crippen LogP contribution in [0.1, 0.15) is 18.4 Å². The zero-order valence-electron chi connectivity index (χ0n) is 13.1. The fourth-order valence-electron chi connectivity index (χ4n) is 3.32. The average Bonchev–Trinajstić information content (AvgIpc) is 3.23. The second-order valence-electron chi connectivity index (χ2n) is 6.04. The molecule has 124 valence electrons. The molecule has 1 aliphatic carbocycles. The average molecular weight is 351 g/mol. The molecule has 0 saturated carbocycles. The lowest BCUT2D eigenvalue weighted by atomic mass is 10.2. The standard InChI is InChI=1S/C18H22O3S2/c1-2-5-14(6-3-1)13-21-15-11-16(17-19-7-4-8-20-17)18(12-15)22-9-10-23-18/h1-3,5-6,11,15,17H,4,7-10,12-13H2. The van der Waals surface area contributed by atoms with Crippen LogP contribution in [0.25, 0.3) is 0 Å².